The molecule has 0 aliphatic carbocycles. The van der Waals surface area contributed by atoms with Gasteiger partial charge in [0.2, 0.25) is 0 Å². The Balaban J connectivity index is 2.40. The number of carbonyl (C=O) groups excluding carboxylic acids is 2. The number of hydrogen-bond acceptors (Lipinski definition) is 6. The third-order valence-electron chi connectivity index (χ3n) is 3.45. The quantitative estimate of drug-likeness (QED) is 0.684. The lowest BCUT2D eigenvalue weighted by molar-refractivity contribution is -0.136. The van der Waals surface area contributed by atoms with E-state index in [0.29, 0.717) is 20.9 Å². The molecule has 0 radical (unpaired) electrons. The number of aliphatic hydroxyl groups excluding tert-OH is 1. The minimum Gasteiger partial charge on any atom is -0.495 e. The lowest BCUT2D eigenvalue weighted by Gasteiger charge is -2.16. The van der Waals surface area contributed by atoms with Crippen molar-refractivity contribution >= 4 is 45.1 Å². The van der Waals surface area contributed by atoms with E-state index in [1.807, 2.05) is 0 Å². The Labute approximate surface area is 152 Å². The number of rotatable bonds is 6. The number of ether oxygens (including phenoxy) is 2. The van der Waals surface area contributed by atoms with Crippen LogP contribution in [0.3, 0.4) is 0 Å². The van der Waals surface area contributed by atoms with Gasteiger partial charge in [0.25, 0.3) is 5.91 Å². The van der Waals surface area contributed by atoms with E-state index < -0.39 is 11.9 Å². The highest BCUT2D eigenvalue weighted by Gasteiger charge is 2.34. The fourth-order valence-electron chi connectivity index (χ4n) is 2.26. The summed E-state index contributed by atoms with van der Waals surface area (Å²) in [6.07, 6.45) is 0. The van der Waals surface area contributed by atoms with Gasteiger partial charge in [0, 0.05) is 12.6 Å². The Kier molecular flexibility index (Phi) is 6.09. The number of nitrogens with one attached hydrogen (secondary N) is 1. The van der Waals surface area contributed by atoms with Crippen LogP contribution in [-0.4, -0.2) is 55.8 Å². The van der Waals surface area contributed by atoms with E-state index in [9.17, 15) is 9.59 Å². The predicted octanol–water partition coefficient (Wildman–Crippen LogP) is 1.78. The molecular weight excluding hydrogens is 404 g/mol. The number of aliphatic hydroxyl groups is 1. The molecule has 0 atom stereocenters. The third-order valence-corrected chi connectivity index (χ3v) is 4.39. The van der Waals surface area contributed by atoms with Gasteiger partial charge in [-0.05, 0) is 22.0 Å². The molecule has 0 unspecified atom stereocenters. The highest BCUT2D eigenvalue weighted by atomic mass is 79.9. The highest BCUT2D eigenvalue weighted by molar-refractivity contribution is 9.10. The second-order valence-corrected chi connectivity index (χ2v) is 6.15. The maximum Gasteiger partial charge on any atom is 0.337 e. The van der Waals surface area contributed by atoms with Gasteiger partial charge in [-0.15, -0.1) is 0 Å². The van der Waals surface area contributed by atoms with Gasteiger partial charge >= 0.3 is 5.97 Å². The monoisotopic (exact) mass is 418 g/mol. The summed E-state index contributed by atoms with van der Waals surface area (Å²) >= 11 is 9.51. The molecule has 1 aromatic carbocycles. The van der Waals surface area contributed by atoms with Crippen LogP contribution in [0.25, 0.3) is 0 Å². The molecule has 7 nitrogen and oxygen atoms in total. The van der Waals surface area contributed by atoms with Crippen LogP contribution in [0.5, 0.6) is 5.75 Å². The summed E-state index contributed by atoms with van der Waals surface area (Å²) in [5.74, 6) is -0.520. The minimum atomic E-state index is -0.619. The number of anilines is 1. The van der Waals surface area contributed by atoms with Gasteiger partial charge in [-0.25, -0.2) is 4.79 Å². The number of esters is 1. The molecule has 1 aromatic rings. The summed E-state index contributed by atoms with van der Waals surface area (Å²) in [4.78, 5) is 25.8. The first-order chi connectivity index (χ1) is 11.4. The minimum absolute atomic E-state index is 0.0552. The smallest absolute Gasteiger partial charge is 0.337 e. The second-order valence-electron chi connectivity index (χ2n) is 4.89. The molecule has 1 aliphatic heterocycles. The molecule has 1 aliphatic rings. The zero-order valence-electron chi connectivity index (χ0n) is 13.1. The highest BCUT2D eigenvalue weighted by Crippen LogP contribution is 2.36. The summed E-state index contributed by atoms with van der Waals surface area (Å²) in [5, 5.41) is 12.3. The van der Waals surface area contributed by atoms with Crippen molar-refractivity contribution in [3.8, 4) is 5.75 Å². The van der Waals surface area contributed by atoms with E-state index in [4.69, 9.17) is 26.2 Å². The predicted molar refractivity (Wildman–Crippen MR) is 92.0 cm³/mol. The van der Waals surface area contributed by atoms with E-state index in [1.54, 1.807) is 12.1 Å². The van der Waals surface area contributed by atoms with E-state index in [2.05, 4.69) is 21.2 Å². The average molecular weight is 420 g/mol. The van der Waals surface area contributed by atoms with Crippen molar-refractivity contribution in [2.45, 2.75) is 0 Å². The first-order valence-electron chi connectivity index (χ1n) is 6.94. The van der Waals surface area contributed by atoms with Crippen LogP contribution < -0.4 is 10.1 Å². The lowest BCUT2D eigenvalue weighted by Crippen LogP contribution is -2.31. The number of methoxy groups -OCH3 is 2. The molecule has 0 aromatic heterocycles. The fourth-order valence-corrected chi connectivity index (χ4v) is 3.11. The fraction of sp³-hybridized carbons (Fsp3) is 0.333. The summed E-state index contributed by atoms with van der Waals surface area (Å²) < 4.78 is 10.6. The number of β-amino-alcohol motifs (C(OH)–C–C–N with tert-alkyl or cyclic N) is 1. The van der Waals surface area contributed by atoms with Crippen molar-refractivity contribution in [2.24, 2.45) is 0 Å². The van der Waals surface area contributed by atoms with Crippen molar-refractivity contribution in [1.82, 2.24) is 4.90 Å². The molecule has 0 bridgehead atoms. The van der Waals surface area contributed by atoms with Gasteiger partial charge in [0.05, 0.1) is 48.1 Å². The maximum absolute atomic E-state index is 12.5. The number of hydrogen-bond donors (Lipinski definition) is 2. The van der Waals surface area contributed by atoms with Gasteiger partial charge < -0.3 is 24.8 Å². The van der Waals surface area contributed by atoms with Crippen molar-refractivity contribution in [3.05, 3.63) is 32.9 Å². The molecular formula is C15H16BrClN2O5. The van der Waals surface area contributed by atoms with E-state index in [1.165, 1.54) is 19.1 Å². The largest absolute Gasteiger partial charge is 0.495 e. The first-order valence-corrected chi connectivity index (χ1v) is 8.11. The second kappa shape index (κ2) is 7.87. The van der Waals surface area contributed by atoms with Gasteiger partial charge in [0.15, 0.2) is 0 Å². The molecule has 0 spiro atoms. The molecule has 1 heterocycles. The van der Waals surface area contributed by atoms with Gasteiger partial charge in [-0.3, -0.25) is 4.79 Å². The summed E-state index contributed by atoms with van der Waals surface area (Å²) in [5.41, 5.74) is 0.655. The van der Waals surface area contributed by atoms with Crippen molar-refractivity contribution < 1.29 is 24.2 Å². The van der Waals surface area contributed by atoms with Crippen LogP contribution in [-0.2, 0) is 14.3 Å². The standard InChI is InChI=1S/C15H16BrClN2O5/c1-23-12-6-11(10(17)5-9(12)16)18-13-8(15(22)24-2)7-19(3-4-20)14(13)21/h5-6,18,20H,3-4,7H2,1-2H3. The van der Waals surface area contributed by atoms with Crippen molar-refractivity contribution in [3.63, 3.8) is 0 Å². The van der Waals surface area contributed by atoms with Crippen LogP contribution in [0.2, 0.25) is 5.02 Å². The number of benzene rings is 1. The Morgan fingerprint density at radius 2 is 2.17 bits per heavy atom. The molecule has 24 heavy (non-hydrogen) atoms. The normalized spacial score (nSPS) is 14.2. The number of nitrogens with zero attached hydrogens (tertiary/aromatic N) is 1. The maximum atomic E-state index is 12.5. The van der Waals surface area contributed by atoms with E-state index in [-0.39, 0.29) is 31.0 Å². The molecule has 9 heteroatoms. The Hall–Kier alpha value is -1.77. The van der Waals surface area contributed by atoms with Crippen LogP contribution in [0.1, 0.15) is 0 Å². The molecule has 2 N–H and O–H groups in total. The van der Waals surface area contributed by atoms with Crippen LogP contribution >= 0.6 is 27.5 Å². The van der Waals surface area contributed by atoms with Crippen LogP contribution in [0, 0.1) is 0 Å². The van der Waals surface area contributed by atoms with Crippen molar-refractivity contribution in [1.29, 1.82) is 0 Å². The molecule has 0 saturated heterocycles. The summed E-state index contributed by atoms with van der Waals surface area (Å²) in [6.45, 7) is -0.0398. The average Bonchev–Trinajstić information content (AvgIpc) is 2.86. The third kappa shape index (κ3) is 3.66. The molecule has 2 rings (SSSR count). The van der Waals surface area contributed by atoms with Gasteiger partial charge in [0.1, 0.15) is 11.4 Å². The number of halogens is 2. The number of carbonyl (C=O) groups is 2. The SMILES string of the molecule is COC(=O)C1=C(Nc2cc(OC)c(Br)cc2Cl)C(=O)N(CCO)C1. The van der Waals surface area contributed by atoms with Gasteiger partial charge in [-0.2, -0.15) is 0 Å². The first kappa shape index (κ1) is 18.6. The van der Waals surface area contributed by atoms with Crippen LogP contribution in [0.15, 0.2) is 27.9 Å². The summed E-state index contributed by atoms with van der Waals surface area (Å²) in [7, 11) is 2.74. The van der Waals surface area contributed by atoms with Crippen LogP contribution in [0.4, 0.5) is 5.69 Å². The molecule has 0 saturated carbocycles. The van der Waals surface area contributed by atoms with E-state index in [0.717, 1.165) is 0 Å². The zero-order valence-corrected chi connectivity index (χ0v) is 15.4. The Bertz CT molecular complexity index is 707. The Morgan fingerprint density at radius 1 is 1.46 bits per heavy atom. The molecule has 0 fully saturated rings. The topological polar surface area (TPSA) is 88.1 Å². The molecule has 1 amide bonds. The summed E-state index contributed by atoms with van der Waals surface area (Å²) in [6, 6.07) is 3.22. The molecule has 130 valence electrons. The Morgan fingerprint density at radius 3 is 2.75 bits per heavy atom. The van der Waals surface area contributed by atoms with E-state index >= 15 is 0 Å². The van der Waals surface area contributed by atoms with Crippen molar-refractivity contribution in [2.75, 3.05) is 39.2 Å². The van der Waals surface area contributed by atoms with Gasteiger partial charge in [-0.1, -0.05) is 11.6 Å². The lowest BCUT2D eigenvalue weighted by atomic mass is 10.2. The zero-order chi connectivity index (χ0) is 17.9. The number of amides is 1.